The van der Waals surface area contributed by atoms with Crippen molar-refractivity contribution in [3.63, 3.8) is 0 Å². The number of unbranched alkanes of at least 4 members (excludes halogenated alkanes) is 1. The normalized spacial score (nSPS) is 11.1. The van der Waals surface area contributed by atoms with Gasteiger partial charge in [-0.2, -0.15) is 0 Å². The summed E-state index contributed by atoms with van der Waals surface area (Å²) in [4.78, 5) is 61.6. The number of aromatic amines is 1. The van der Waals surface area contributed by atoms with Crippen LogP contribution >= 0.6 is 0 Å². The Morgan fingerprint density at radius 1 is 0.941 bits per heavy atom. The minimum atomic E-state index is -1.25. The number of aliphatic carboxylic acids is 1. The van der Waals surface area contributed by atoms with Gasteiger partial charge < -0.3 is 26.5 Å². The van der Waals surface area contributed by atoms with Crippen molar-refractivity contribution in [1.29, 1.82) is 0 Å². The van der Waals surface area contributed by atoms with E-state index in [9.17, 15) is 24.3 Å². The standard InChI is InChI=1S/C20H21N7O5.C7H13N3.C6H11N3/c1-10-24-17-16(19(30)25-10)26-13(9-23-17)8-22-12-4-2-11(3-5-12)18(29)27-14(20(31)32)6-7-15(21)28;1-3-4-5-7-6-10(2)9-8-7;1-3-4-6-5-9(2)8-7-6/h2-5,9,14,22H,6-8H2,1H3,(H2,21,28)(H,27,29)(H,31,32)(H,23,24,25,30);6H,3-5H2,1-2H3;5H,3-4H2,1-2H3. The number of H-pyrrole nitrogens is 1. The number of carbonyl (C=O) groups excluding carboxylic acids is 2. The number of aromatic nitrogens is 10. The van der Waals surface area contributed by atoms with Crippen LogP contribution in [-0.4, -0.2) is 78.9 Å². The van der Waals surface area contributed by atoms with Crippen molar-refractivity contribution in [3.05, 3.63) is 81.7 Å². The minimum Gasteiger partial charge on any atom is -0.480 e. The number of carbonyl (C=O) groups is 3. The number of rotatable bonds is 14. The van der Waals surface area contributed by atoms with Crippen LogP contribution in [0.5, 0.6) is 0 Å². The summed E-state index contributed by atoms with van der Waals surface area (Å²) >= 11 is 0. The van der Waals surface area contributed by atoms with Crippen molar-refractivity contribution in [3.8, 4) is 0 Å². The van der Waals surface area contributed by atoms with Gasteiger partial charge in [0.15, 0.2) is 11.2 Å². The molecule has 1 aromatic carbocycles. The molecule has 4 aromatic heterocycles. The lowest BCUT2D eigenvalue weighted by Crippen LogP contribution is -2.41. The average Bonchev–Trinajstić information content (AvgIpc) is 3.72. The molecule has 18 heteroatoms. The van der Waals surface area contributed by atoms with E-state index in [-0.39, 0.29) is 41.7 Å². The Kier molecular flexibility index (Phi) is 15.3. The number of benzene rings is 1. The molecule has 0 fully saturated rings. The first-order valence-corrected chi connectivity index (χ1v) is 16.5. The lowest BCUT2D eigenvalue weighted by atomic mass is 10.1. The van der Waals surface area contributed by atoms with E-state index >= 15 is 0 Å². The smallest absolute Gasteiger partial charge is 0.326 e. The number of hydrogen-bond donors (Lipinski definition) is 5. The molecule has 272 valence electrons. The lowest BCUT2D eigenvalue weighted by Gasteiger charge is -2.14. The molecule has 18 nitrogen and oxygen atoms in total. The number of carboxylic acid groups (broad SMARTS) is 1. The number of anilines is 1. The molecular weight excluding hydrogens is 658 g/mol. The van der Waals surface area contributed by atoms with E-state index in [1.165, 1.54) is 31.2 Å². The zero-order chi connectivity index (χ0) is 37.3. The summed E-state index contributed by atoms with van der Waals surface area (Å²) in [5, 5.41) is 30.2. The van der Waals surface area contributed by atoms with E-state index in [1.807, 2.05) is 26.5 Å². The fraction of sp³-hybridized carbons (Fsp3) is 0.424. The quantitative estimate of drug-likeness (QED) is 0.111. The molecule has 1 atom stereocenters. The van der Waals surface area contributed by atoms with Crippen LogP contribution in [-0.2, 0) is 43.1 Å². The van der Waals surface area contributed by atoms with Crippen LogP contribution < -0.4 is 21.9 Å². The van der Waals surface area contributed by atoms with Gasteiger partial charge in [-0.1, -0.05) is 37.1 Å². The topological polar surface area (TPSA) is 254 Å². The van der Waals surface area contributed by atoms with E-state index in [0.717, 1.165) is 30.7 Å². The van der Waals surface area contributed by atoms with Gasteiger partial charge in [-0.3, -0.25) is 23.7 Å². The Hall–Kier alpha value is -6.07. The van der Waals surface area contributed by atoms with Crippen LogP contribution in [0.15, 0.2) is 47.7 Å². The molecule has 6 N–H and O–H groups in total. The van der Waals surface area contributed by atoms with Gasteiger partial charge >= 0.3 is 5.97 Å². The molecule has 2 amide bonds. The largest absolute Gasteiger partial charge is 0.480 e. The summed E-state index contributed by atoms with van der Waals surface area (Å²) in [6, 6.07) is 5.10. The number of carboxylic acids is 1. The highest BCUT2D eigenvalue weighted by Gasteiger charge is 2.21. The Morgan fingerprint density at radius 3 is 2.14 bits per heavy atom. The first-order chi connectivity index (χ1) is 24.4. The van der Waals surface area contributed by atoms with Crippen LogP contribution in [0.3, 0.4) is 0 Å². The number of primary amides is 1. The van der Waals surface area contributed by atoms with E-state index in [4.69, 9.17) is 5.73 Å². The van der Waals surface area contributed by atoms with Crippen LogP contribution in [0.1, 0.15) is 79.2 Å². The number of nitrogens with one attached hydrogen (secondary N) is 3. The Balaban J connectivity index is 0.000000298. The van der Waals surface area contributed by atoms with E-state index in [2.05, 4.69) is 65.0 Å². The van der Waals surface area contributed by atoms with Gasteiger partial charge in [0.1, 0.15) is 11.9 Å². The zero-order valence-corrected chi connectivity index (χ0v) is 29.5. The Bertz CT molecular complexity index is 1940. The van der Waals surface area contributed by atoms with Crippen molar-refractivity contribution >= 4 is 34.6 Å². The highest BCUT2D eigenvalue weighted by molar-refractivity contribution is 5.97. The maximum Gasteiger partial charge on any atom is 0.326 e. The summed E-state index contributed by atoms with van der Waals surface area (Å²) in [6.07, 6.45) is 10.8. The molecule has 5 aromatic rings. The molecule has 0 saturated carbocycles. The van der Waals surface area contributed by atoms with Gasteiger partial charge in [-0.05, 0) is 56.9 Å². The number of hydrogen-bond acceptors (Lipinski definition) is 12. The van der Waals surface area contributed by atoms with Crippen molar-refractivity contribution < 1.29 is 19.5 Å². The summed E-state index contributed by atoms with van der Waals surface area (Å²) in [5.41, 5.74) is 8.70. The molecule has 0 aliphatic carbocycles. The van der Waals surface area contributed by atoms with Gasteiger partial charge in [-0.25, -0.2) is 19.7 Å². The number of nitrogens with two attached hydrogens (primary N) is 1. The first kappa shape index (κ1) is 39.4. The third kappa shape index (κ3) is 13.4. The molecule has 5 rings (SSSR count). The Morgan fingerprint density at radius 2 is 1.59 bits per heavy atom. The fourth-order valence-electron chi connectivity index (χ4n) is 4.50. The van der Waals surface area contributed by atoms with E-state index in [0.29, 0.717) is 17.2 Å². The molecule has 0 aliphatic rings. The van der Waals surface area contributed by atoms with Gasteiger partial charge in [0, 0.05) is 44.2 Å². The van der Waals surface area contributed by atoms with Gasteiger partial charge in [0.05, 0.1) is 29.8 Å². The molecule has 4 heterocycles. The van der Waals surface area contributed by atoms with Gasteiger partial charge in [0.2, 0.25) is 5.91 Å². The molecular formula is C33H45N13O5. The molecule has 51 heavy (non-hydrogen) atoms. The second kappa shape index (κ2) is 19.8. The third-order valence-corrected chi connectivity index (χ3v) is 7.08. The molecule has 1 unspecified atom stereocenters. The van der Waals surface area contributed by atoms with Crippen molar-refractivity contribution in [2.45, 2.75) is 78.3 Å². The van der Waals surface area contributed by atoms with Crippen molar-refractivity contribution in [1.82, 2.24) is 55.2 Å². The molecule has 0 saturated heterocycles. The van der Waals surface area contributed by atoms with Crippen LogP contribution in [0.2, 0.25) is 0 Å². The average molecular weight is 704 g/mol. The number of amides is 2. The summed E-state index contributed by atoms with van der Waals surface area (Å²) in [7, 11) is 3.77. The van der Waals surface area contributed by atoms with Crippen LogP contribution in [0.25, 0.3) is 11.2 Å². The third-order valence-electron chi connectivity index (χ3n) is 7.08. The van der Waals surface area contributed by atoms with Crippen LogP contribution in [0, 0.1) is 6.92 Å². The second-order valence-electron chi connectivity index (χ2n) is 11.6. The lowest BCUT2D eigenvalue weighted by molar-refractivity contribution is -0.139. The number of nitrogens with zero attached hydrogens (tertiary/aromatic N) is 9. The number of aryl methyl sites for hydroxylation is 5. The fourth-order valence-corrected chi connectivity index (χ4v) is 4.50. The molecule has 0 spiro atoms. The van der Waals surface area contributed by atoms with Crippen molar-refractivity contribution in [2.75, 3.05) is 5.32 Å². The van der Waals surface area contributed by atoms with E-state index < -0.39 is 23.8 Å². The monoisotopic (exact) mass is 703 g/mol. The maximum atomic E-state index is 12.3. The summed E-state index contributed by atoms with van der Waals surface area (Å²) in [5.74, 6) is -2.03. The second-order valence-corrected chi connectivity index (χ2v) is 11.6. The van der Waals surface area contributed by atoms with Gasteiger partial charge in [-0.15, -0.1) is 10.2 Å². The molecule has 0 bridgehead atoms. The first-order valence-electron chi connectivity index (χ1n) is 16.5. The summed E-state index contributed by atoms with van der Waals surface area (Å²) < 4.78 is 3.47. The van der Waals surface area contributed by atoms with Crippen LogP contribution in [0.4, 0.5) is 5.69 Å². The highest BCUT2D eigenvalue weighted by atomic mass is 16.4. The minimum absolute atomic E-state index is 0.0965. The van der Waals surface area contributed by atoms with Crippen molar-refractivity contribution in [2.24, 2.45) is 19.8 Å². The van der Waals surface area contributed by atoms with E-state index in [1.54, 1.807) is 28.4 Å². The molecule has 0 aliphatic heterocycles. The highest BCUT2D eigenvalue weighted by Crippen LogP contribution is 2.12. The number of fused-ring (bicyclic) bond motifs is 1. The van der Waals surface area contributed by atoms with Gasteiger partial charge in [0.25, 0.3) is 11.5 Å². The predicted molar refractivity (Wildman–Crippen MR) is 188 cm³/mol. The predicted octanol–water partition coefficient (Wildman–Crippen LogP) is 2.01. The zero-order valence-electron chi connectivity index (χ0n) is 29.5. The SMILES string of the molecule is CCCCc1cn(C)nn1.CCCc1cn(C)nn1.Cc1nc2ncc(CNc3ccc(C(=O)NC(CCC(N)=O)C(=O)O)cc3)nc2c(=O)[nH]1. The molecule has 0 radical (unpaired) electrons. The Labute approximate surface area is 294 Å². The summed E-state index contributed by atoms with van der Waals surface area (Å²) in [6.45, 7) is 6.24. The maximum absolute atomic E-state index is 12.3.